The van der Waals surface area contributed by atoms with Gasteiger partial charge in [-0.25, -0.2) is 4.39 Å². The number of halogens is 1. The van der Waals surface area contributed by atoms with Crippen molar-refractivity contribution in [3.05, 3.63) is 36.0 Å². The van der Waals surface area contributed by atoms with E-state index in [1.807, 2.05) is 0 Å². The van der Waals surface area contributed by atoms with Gasteiger partial charge in [-0.1, -0.05) is 17.3 Å². The Balaban J connectivity index is 2.06. The van der Waals surface area contributed by atoms with Crippen molar-refractivity contribution in [2.45, 2.75) is 13.3 Å². The summed E-state index contributed by atoms with van der Waals surface area (Å²) in [6.45, 7) is 1.84. The van der Waals surface area contributed by atoms with Gasteiger partial charge in [0.05, 0.1) is 5.56 Å². The minimum Gasteiger partial charge on any atom is -0.356 e. The van der Waals surface area contributed by atoms with Crippen molar-refractivity contribution in [2.75, 3.05) is 6.54 Å². The molecule has 0 aliphatic heterocycles. The molecule has 0 aliphatic carbocycles. The van der Waals surface area contributed by atoms with Crippen molar-refractivity contribution >= 4 is 5.91 Å². The highest BCUT2D eigenvalue weighted by Crippen LogP contribution is 2.19. The highest BCUT2D eigenvalue weighted by molar-refractivity contribution is 5.72. The lowest BCUT2D eigenvalue weighted by molar-refractivity contribution is -0.118. The van der Waals surface area contributed by atoms with E-state index in [9.17, 15) is 9.18 Å². The number of aromatic nitrogens is 2. The summed E-state index contributed by atoms with van der Waals surface area (Å²) in [6, 6.07) is 6.21. The van der Waals surface area contributed by atoms with Crippen LogP contribution in [0, 0.1) is 5.82 Å². The van der Waals surface area contributed by atoms with Crippen LogP contribution in [0.15, 0.2) is 28.8 Å². The number of nitrogens with zero attached hydrogens (tertiary/aromatic N) is 2. The topological polar surface area (TPSA) is 68.0 Å². The van der Waals surface area contributed by atoms with Crippen LogP contribution in [0.4, 0.5) is 4.39 Å². The Bertz CT molecular complexity index is 554. The molecule has 0 saturated heterocycles. The van der Waals surface area contributed by atoms with Gasteiger partial charge < -0.3 is 9.84 Å². The Kier molecular flexibility index (Phi) is 3.66. The fourth-order valence-electron chi connectivity index (χ4n) is 1.45. The summed E-state index contributed by atoms with van der Waals surface area (Å²) >= 11 is 0. The second-order valence-electron chi connectivity index (χ2n) is 3.72. The second kappa shape index (κ2) is 5.39. The van der Waals surface area contributed by atoms with Crippen LogP contribution in [0.3, 0.4) is 0 Å². The minimum absolute atomic E-state index is 0.121. The number of benzene rings is 1. The molecule has 1 amide bonds. The van der Waals surface area contributed by atoms with Gasteiger partial charge in [-0.15, -0.1) is 0 Å². The van der Waals surface area contributed by atoms with Crippen LogP contribution in [0.5, 0.6) is 0 Å². The van der Waals surface area contributed by atoms with E-state index in [1.165, 1.54) is 13.0 Å². The number of amides is 1. The summed E-state index contributed by atoms with van der Waals surface area (Å²) < 4.78 is 18.4. The third kappa shape index (κ3) is 2.91. The largest absolute Gasteiger partial charge is 0.356 e. The molecule has 0 fully saturated rings. The number of nitrogens with one attached hydrogen (secondary N) is 1. The van der Waals surface area contributed by atoms with Crippen LogP contribution >= 0.6 is 0 Å². The van der Waals surface area contributed by atoms with Gasteiger partial charge in [0.15, 0.2) is 0 Å². The van der Waals surface area contributed by atoms with E-state index < -0.39 is 5.82 Å². The Hall–Kier alpha value is -2.24. The lowest BCUT2D eigenvalue weighted by atomic mass is 10.2. The van der Waals surface area contributed by atoms with Gasteiger partial charge in [0, 0.05) is 19.9 Å². The highest BCUT2D eigenvalue weighted by Gasteiger charge is 2.11. The van der Waals surface area contributed by atoms with Crippen LogP contribution in [-0.2, 0) is 11.2 Å². The molecule has 2 rings (SSSR count). The first-order chi connectivity index (χ1) is 8.66. The molecule has 18 heavy (non-hydrogen) atoms. The van der Waals surface area contributed by atoms with Gasteiger partial charge in [0.1, 0.15) is 5.82 Å². The van der Waals surface area contributed by atoms with E-state index in [0.29, 0.717) is 24.4 Å². The molecule has 94 valence electrons. The van der Waals surface area contributed by atoms with Crippen molar-refractivity contribution in [2.24, 2.45) is 0 Å². The van der Waals surface area contributed by atoms with Crippen molar-refractivity contribution in [3.63, 3.8) is 0 Å². The standard InChI is InChI=1S/C12H12FN3O2/c1-8(17)14-7-6-11-15-12(16-18-11)9-4-2-3-5-10(9)13/h2-5H,6-7H2,1H3,(H,14,17). The van der Waals surface area contributed by atoms with Gasteiger partial charge in [-0.3, -0.25) is 4.79 Å². The molecule has 0 spiro atoms. The fourth-order valence-corrected chi connectivity index (χ4v) is 1.45. The van der Waals surface area contributed by atoms with Crippen LogP contribution in [-0.4, -0.2) is 22.6 Å². The number of carbonyl (C=O) groups is 1. The van der Waals surface area contributed by atoms with Crippen molar-refractivity contribution in [1.82, 2.24) is 15.5 Å². The third-order valence-corrected chi connectivity index (χ3v) is 2.30. The molecule has 0 saturated carbocycles. The minimum atomic E-state index is -0.397. The lowest BCUT2D eigenvalue weighted by Gasteiger charge is -1.96. The predicted molar refractivity (Wildman–Crippen MR) is 62.1 cm³/mol. The Morgan fingerprint density at radius 2 is 2.22 bits per heavy atom. The molecule has 5 nitrogen and oxygen atoms in total. The van der Waals surface area contributed by atoms with E-state index in [-0.39, 0.29) is 11.7 Å². The quantitative estimate of drug-likeness (QED) is 0.892. The van der Waals surface area contributed by atoms with Crippen LogP contribution in [0.25, 0.3) is 11.4 Å². The van der Waals surface area contributed by atoms with E-state index >= 15 is 0 Å². The zero-order valence-electron chi connectivity index (χ0n) is 9.81. The first-order valence-corrected chi connectivity index (χ1v) is 5.49. The summed E-state index contributed by atoms with van der Waals surface area (Å²) in [7, 11) is 0. The van der Waals surface area contributed by atoms with Gasteiger partial charge in [0.2, 0.25) is 17.6 Å². The van der Waals surface area contributed by atoms with E-state index in [4.69, 9.17) is 4.52 Å². The Morgan fingerprint density at radius 3 is 2.94 bits per heavy atom. The molecule has 0 aliphatic rings. The first kappa shape index (κ1) is 12.2. The maximum atomic E-state index is 13.5. The predicted octanol–water partition coefficient (Wildman–Crippen LogP) is 1.55. The SMILES string of the molecule is CC(=O)NCCc1nc(-c2ccccc2F)no1. The molecule has 0 atom stereocenters. The molecule has 2 aromatic rings. The van der Waals surface area contributed by atoms with Gasteiger partial charge in [-0.2, -0.15) is 4.98 Å². The Morgan fingerprint density at radius 1 is 1.44 bits per heavy atom. The monoisotopic (exact) mass is 249 g/mol. The maximum Gasteiger partial charge on any atom is 0.228 e. The number of hydrogen-bond donors (Lipinski definition) is 1. The van der Waals surface area contributed by atoms with Crippen molar-refractivity contribution in [3.8, 4) is 11.4 Å². The normalized spacial score (nSPS) is 10.3. The molecule has 6 heteroatoms. The summed E-state index contributed by atoms with van der Waals surface area (Å²) in [4.78, 5) is 14.7. The zero-order valence-corrected chi connectivity index (χ0v) is 9.81. The van der Waals surface area contributed by atoms with Gasteiger partial charge >= 0.3 is 0 Å². The summed E-state index contributed by atoms with van der Waals surface area (Å²) in [5.74, 6) is 0.0588. The van der Waals surface area contributed by atoms with E-state index in [0.717, 1.165) is 0 Å². The first-order valence-electron chi connectivity index (χ1n) is 5.49. The molecule has 1 aromatic heterocycles. The molecule has 1 heterocycles. The van der Waals surface area contributed by atoms with E-state index in [2.05, 4.69) is 15.5 Å². The second-order valence-corrected chi connectivity index (χ2v) is 3.72. The van der Waals surface area contributed by atoms with Crippen LogP contribution in [0.2, 0.25) is 0 Å². The molecule has 0 unspecified atom stereocenters. The smallest absolute Gasteiger partial charge is 0.228 e. The van der Waals surface area contributed by atoms with Crippen LogP contribution in [0.1, 0.15) is 12.8 Å². The average Bonchev–Trinajstić information content (AvgIpc) is 2.78. The molecular weight excluding hydrogens is 237 g/mol. The molecule has 1 aromatic carbocycles. The van der Waals surface area contributed by atoms with Gasteiger partial charge in [-0.05, 0) is 12.1 Å². The summed E-state index contributed by atoms with van der Waals surface area (Å²) in [5.41, 5.74) is 0.298. The molecule has 0 bridgehead atoms. The summed E-state index contributed by atoms with van der Waals surface area (Å²) in [5, 5.41) is 6.32. The van der Waals surface area contributed by atoms with Gasteiger partial charge in [0.25, 0.3) is 0 Å². The number of rotatable bonds is 4. The molecule has 0 radical (unpaired) electrons. The van der Waals surface area contributed by atoms with Crippen molar-refractivity contribution < 1.29 is 13.7 Å². The van der Waals surface area contributed by atoms with Crippen LogP contribution < -0.4 is 5.32 Å². The highest BCUT2D eigenvalue weighted by atomic mass is 19.1. The number of carbonyl (C=O) groups excluding carboxylic acids is 1. The fraction of sp³-hybridized carbons (Fsp3) is 0.250. The molecular formula is C12H12FN3O2. The van der Waals surface area contributed by atoms with E-state index in [1.54, 1.807) is 18.2 Å². The average molecular weight is 249 g/mol. The Labute approximate surface area is 103 Å². The molecule has 1 N–H and O–H groups in total. The van der Waals surface area contributed by atoms with Crippen molar-refractivity contribution in [1.29, 1.82) is 0 Å². The number of hydrogen-bond acceptors (Lipinski definition) is 4. The zero-order chi connectivity index (χ0) is 13.0. The maximum absolute atomic E-state index is 13.5. The lowest BCUT2D eigenvalue weighted by Crippen LogP contribution is -2.22. The summed E-state index contributed by atoms with van der Waals surface area (Å²) in [6.07, 6.45) is 0.418. The third-order valence-electron chi connectivity index (χ3n) is 2.30.